The Morgan fingerprint density at radius 2 is 2.00 bits per heavy atom. The van der Waals surface area contributed by atoms with E-state index in [-0.39, 0.29) is 5.92 Å². The standard InChI is InChI=1S/C15H28O2S/c1-15(2,3)12-7-8-13(14(16)17)11(10-12)6-5-9-18-4/h11-13H,5-10H2,1-4H3,(H,16,17). The van der Waals surface area contributed by atoms with Gasteiger partial charge in [-0.1, -0.05) is 20.8 Å². The molecule has 0 amide bonds. The van der Waals surface area contributed by atoms with Crippen LogP contribution in [0.3, 0.4) is 0 Å². The minimum absolute atomic E-state index is 0.0922. The second kappa shape index (κ2) is 6.83. The van der Waals surface area contributed by atoms with Crippen LogP contribution in [0.25, 0.3) is 0 Å². The summed E-state index contributed by atoms with van der Waals surface area (Å²) in [7, 11) is 0. The van der Waals surface area contributed by atoms with Crippen LogP contribution in [0.1, 0.15) is 52.9 Å². The number of carboxylic acids is 1. The zero-order valence-corrected chi connectivity index (χ0v) is 13.1. The van der Waals surface area contributed by atoms with Crippen LogP contribution in [-0.4, -0.2) is 23.1 Å². The fraction of sp³-hybridized carbons (Fsp3) is 0.933. The molecule has 3 atom stereocenters. The Bertz CT molecular complexity index is 270. The largest absolute Gasteiger partial charge is 0.481 e. The van der Waals surface area contributed by atoms with Crippen molar-refractivity contribution in [3.05, 3.63) is 0 Å². The molecule has 3 unspecified atom stereocenters. The van der Waals surface area contributed by atoms with Crippen molar-refractivity contribution in [1.82, 2.24) is 0 Å². The van der Waals surface area contributed by atoms with Crippen LogP contribution >= 0.6 is 11.8 Å². The summed E-state index contributed by atoms with van der Waals surface area (Å²) in [5.41, 5.74) is 0.321. The van der Waals surface area contributed by atoms with E-state index in [0.29, 0.717) is 17.3 Å². The number of hydrogen-bond acceptors (Lipinski definition) is 2. The second-order valence-corrected chi connectivity index (χ2v) is 7.70. The third kappa shape index (κ3) is 4.49. The molecule has 1 rings (SSSR count). The van der Waals surface area contributed by atoms with E-state index in [1.807, 2.05) is 11.8 Å². The van der Waals surface area contributed by atoms with E-state index >= 15 is 0 Å². The molecule has 0 aromatic carbocycles. The van der Waals surface area contributed by atoms with Gasteiger partial charge in [-0.15, -0.1) is 0 Å². The van der Waals surface area contributed by atoms with Gasteiger partial charge in [0.05, 0.1) is 5.92 Å². The Labute approximate surface area is 116 Å². The molecule has 1 aliphatic rings. The molecule has 2 nitrogen and oxygen atoms in total. The highest BCUT2D eigenvalue weighted by atomic mass is 32.2. The van der Waals surface area contributed by atoms with E-state index < -0.39 is 5.97 Å². The Hall–Kier alpha value is -0.180. The van der Waals surface area contributed by atoms with Crippen molar-refractivity contribution in [3.8, 4) is 0 Å². The number of hydrogen-bond donors (Lipinski definition) is 1. The molecule has 3 heteroatoms. The molecule has 1 saturated carbocycles. The Morgan fingerprint density at radius 3 is 2.50 bits per heavy atom. The van der Waals surface area contributed by atoms with Gasteiger partial charge in [0.15, 0.2) is 0 Å². The van der Waals surface area contributed by atoms with Crippen LogP contribution in [0.5, 0.6) is 0 Å². The molecule has 1 N–H and O–H groups in total. The quantitative estimate of drug-likeness (QED) is 0.758. The molecule has 106 valence electrons. The molecular weight excluding hydrogens is 244 g/mol. The van der Waals surface area contributed by atoms with Crippen molar-refractivity contribution in [1.29, 1.82) is 0 Å². The summed E-state index contributed by atoms with van der Waals surface area (Å²) in [5, 5.41) is 9.35. The highest BCUT2D eigenvalue weighted by molar-refractivity contribution is 7.98. The Kier molecular flexibility index (Phi) is 6.03. The predicted molar refractivity (Wildman–Crippen MR) is 79.0 cm³/mol. The molecule has 0 aliphatic heterocycles. The summed E-state index contributed by atoms with van der Waals surface area (Å²) < 4.78 is 0. The van der Waals surface area contributed by atoms with Crippen LogP contribution in [0.2, 0.25) is 0 Å². The van der Waals surface area contributed by atoms with Gasteiger partial charge in [-0.2, -0.15) is 11.8 Å². The maximum absolute atomic E-state index is 11.3. The van der Waals surface area contributed by atoms with Gasteiger partial charge in [0, 0.05) is 0 Å². The minimum atomic E-state index is -0.573. The number of carboxylic acid groups (broad SMARTS) is 1. The highest BCUT2D eigenvalue weighted by Gasteiger charge is 2.38. The molecule has 0 bridgehead atoms. The monoisotopic (exact) mass is 272 g/mol. The molecule has 0 spiro atoms. The van der Waals surface area contributed by atoms with E-state index in [0.717, 1.165) is 37.9 Å². The zero-order chi connectivity index (χ0) is 13.8. The van der Waals surface area contributed by atoms with Crippen molar-refractivity contribution >= 4 is 17.7 Å². The van der Waals surface area contributed by atoms with Gasteiger partial charge in [0.2, 0.25) is 0 Å². The first-order valence-corrected chi connectivity index (χ1v) is 8.47. The van der Waals surface area contributed by atoms with E-state index in [1.54, 1.807) is 0 Å². The smallest absolute Gasteiger partial charge is 0.306 e. The van der Waals surface area contributed by atoms with Gasteiger partial charge in [-0.3, -0.25) is 4.79 Å². The van der Waals surface area contributed by atoms with Crippen molar-refractivity contribution in [2.24, 2.45) is 23.2 Å². The first-order valence-electron chi connectivity index (χ1n) is 7.08. The Balaban J connectivity index is 2.61. The summed E-state index contributed by atoms with van der Waals surface area (Å²) in [6.45, 7) is 6.87. The molecule has 0 heterocycles. The van der Waals surface area contributed by atoms with Crippen LogP contribution in [-0.2, 0) is 4.79 Å². The third-order valence-electron chi connectivity index (χ3n) is 4.45. The van der Waals surface area contributed by atoms with Crippen molar-refractivity contribution in [2.45, 2.75) is 52.9 Å². The normalized spacial score (nSPS) is 29.2. The lowest BCUT2D eigenvalue weighted by Gasteiger charge is -2.40. The fourth-order valence-corrected chi connectivity index (χ4v) is 3.64. The molecule has 0 saturated heterocycles. The zero-order valence-electron chi connectivity index (χ0n) is 12.2. The van der Waals surface area contributed by atoms with E-state index in [1.165, 1.54) is 0 Å². The summed E-state index contributed by atoms with van der Waals surface area (Å²) >= 11 is 1.86. The number of rotatable bonds is 5. The number of aliphatic carboxylic acids is 1. The van der Waals surface area contributed by atoms with E-state index in [9.17, 15) is 9.90 Å². The van der Waals surface area contributed by atoms with Crippen molar-refractivity contribution in [3.63, 3.8) is 0 Å². The number of thioether (sulfide) groups is 1. The van der Waals surface area contributed by atoms with Crippen LogP contribution in [0, 0.1) is 23.2 Å². The molecule has 0 aromatic heterocycles. The number of carbonyl (C=O) groups is 1. The summed E-state index contributed by atoms with van der Waals surface area (Å²) in [6, 6.07) is 0. The van der Waals surface area contributed by atoms with Gasteiger partial charge >= 0.3 is 5.97 Å². The van der Waals surface area contributed by atoms with Crippen molar-refractivity contribution in [2.75, 3.05) is 12.0 Å². The molecular formula is C15H28O2S. The first-order chi connectivity index (χ1) is 8.36. The summed E-state index contributed by atoms with van der Waals surface area (Å²) in [5.74, 6) is 1.57. The lowest BCUT2D eigenvalue weighted by molar-refractivity contribution is -0.146. The molecule has 0 aromatic rings. The van der Waals surface area contributed by atoms with Crippen LogP contribution in [0.15, 0.2) is 0 Å². The first kappa shape index (κ1) is 15.9. The second-order valence-electron chi connectivity index (χ2n) is 6.72. The van der Waals surface area contributed by atoms with Gasteiger partial charge in [0.1, 0.15) is 0 Å². The van der Waals surface area contributed by atoms with Crippen LogP contribution in [0.4, 0.5) is 0 Å². The molecule has 0 radical (unpaired) electrons. The minimum Gasteiger partial charge on any atom is -0.481 e. The SMILES string of the molecule is CSCCCC1CC(C(C)(C)C)CCC1C(=O)O. The topological polar surface area (TPSA) is 37.3 Å². The van der Waals surface area contributed by atoms with E-state index in [2.05, 4.69) is 27.0 Å². The highest BCUT2D eigenvalue weighted by Crippen LogP contribution is 2.44. The average Bonchev–Trinajstić information content (AvgIpc) is 2.27. The van der Waals surface area contributed by atoms with Gasteiger partial charge in [-0.25, -0.2) is 0 Å². The maximum atomic E-state index is 11.3. The van der Waals surface area contributed by atoms with Gasteiger partial charge in [0.25, 0.3) is 0 Å². The van der Waals surface area contributed by atoms with Gasteiger partial charge < -0.3 is 5.11 Å². The Morgan fingerprint density at radius 1 is 1.33 bits per heavy atom. The summed E-state index contributed by atoms with van der Waals surface area (Å²) in [6.07, 6.45) is 7.43. The van der Waals surface area contributed by atoms with Crippen LogP contribution < -0.4 is 0 Å². The fourth-order valence-electron chi connectivity index (χ4n) is 3.18. The molecule has 1 aliphatic carbocycles. The average molecular weight is 272 g/mol. The molecule has 18 heavy (non-hydrogen) atoms. The molecule has 1 fully saturated rings. The summed E-state index contributed by atoms with van der Waals surface area (Å²) in [4.78, 5) is 11.3. The lowest BCUT2D eigenvalue weighted by atomic mass is 9.64. The van der Waals surface area contributed by atoms with Crippen molar-refractivity contribution < 1.29 is 9.90 Å². The van der Waals surface area contributed by atoms with Gasteiger partial charge in [-0.05, 0) is 61.4 Å². The lowest BCUT2D eigenvalue weighted by Crippen LogP contribution is -2.35. The third-order valence-corrected chi connectivity index (χ3v) is 5.14. The van der Waals surface area contributed by atoms with E-state index in [4.69, 9.17) is 0 Å². The maximum Gasteiger partial charge on any atom is 0.306 e. The predicted octanol–water partition coefficient (Wildman–Crippen LogP) is 4.29.